The molecule has 0 aliphatic carbocycles. The van der Waals surface area contributed by atoms with Crippen LogP contribution in [0.4, 0.5) is 4.79 Å². The van der Waals surface area contributed by atoms with Crippen LogP contribution in [0.5, 0.6) is 5.75 Å². The molecule has 0 N–H and O–H groups in total. The maximum atomic E-state index is 13.0. The summed E-state index contributed by atoms with van der Waals surface area (Å²) in [5, 5.41) is 3.23. The Morgan fingerprint density at radius 1 is 0.757 bits per heavy atom. The first-order chi connectivity index (χ1) is 17.8. The minimum atomic E-state index is -0.365. The van der Waals surface area contributed by atoms with Gasteiger partial charge in [0.25, 0.3) is 11.1 Å². The number of fused-ring (bicyclic) bond motifs is 1. The van der Waals surface area contributed by atoms with E-state index in [9.17, 15) is 9.59 Å². The van der Waals surface area contributed by atoms with Crippen LogP contribution in [0.1, 0.15) is 16.7 Å². The van der Waals surface area contributed by atoms with Crippen LogP contribution >= 0.6 is 58.2 Å². The Morgan fingerprint density at radius 2 is 1.46 bits per heavy atom. The van der Waals surface area contributed by atoms with Gasteiger partial charge in [-0.2, -0.15) is 0 Å². The Balaban J connectivity index is 1.31. The van der Waals surface area contributed by atoms with E-state index >= 15 is 0 Å². The fraction of sp³-hybridized carbons (Fsp3) is 0.0714. The van der Waals surface area contributed by atoms with Crippen LogP contribution in [0.15, 0.2) is 77.7 Å². The van der Waals surface area contributed by atoms with Gasteiger partial charge in [0.2, 0.25) is 0 Å². The van der Waals surface area contributed by atoms with Crippen molar-refractivity contribution in [1.82, 2.24) is 4.90 Å². The summed E-state index contributed by atoms with van der Waals surface area (Å²) in [7, 11) is 0. The first-order valence-corrected chi connectivity index (χ1v) is 13.4. The quantitative estimate of drug-likeness (QED) is 0.211. The number of thioether (sulfide) groups is 1. The minimum Gasteiger partial charge on any atom is -0.486 e. The van der Waals surface area contributed by atoms with Gasteiger partial charge in [-0.3, -0.25) is 14.5 Å². The zero-order valence-electron chi connectivity index (χ0n) is 19.0. The van der Waals surface area contributed by atoms with Gasteiger partial charge in [-0.25, -0.2) is 0 Å². The molecule has 1 aliphatic rings. The maximum Gasteiger partial charge on any atom is 0.293 e. The van der Waals surface area contributed by atoms with Crippen LogP contribution in [-0.2, 0) is 17.9 Å². The molecule has 1 fully saturated rings. The fourth-order valence-corrected chi connectivity index (χ4v) is 5.67. The summed E-state index contributed by atoms with van der Waals surface area (Å²) in [4.78, 5) is 27.2. The lowest BCUT2D eigenvalue weighted by atomic mass is 10.1. The molecule has 0 unspecified atom stereocenters. The predicted molar refractivity (Wildman–Crippen MR) is 153 cm³/mol. The fourth-order valence-electron chi connectivity index (χ4n) is 3.89. The predicted octanol–water partition coefficient (Wildman–Crippen LogP) is 9.27. The number of carbonyl (C=O) groups excluding carboxylic acids is 2. The number of ether oxygens (including phenoxy) is 1. The number of benzene rings is 4. The lowest BCUT2D eigenvalue weighted by Gasteiger charge is -2.13. The average molecular weight is 589 g/mol. The molecule has 0 aromatic heterocycles. The topological polar surface area (TPSA) is 46.6 Å². The molecule has 5 rings (SSSR count). The van der Waals surface area contributed by atoms with Gasteiger partial charge in [0.1, 0.15) is 6.61 Å². The molecule has 0 spiro atoms. The van der Waals surface area contributed by atoms with Gasteiger partial charge in [-0.05, 0) is 75.6 Å². The van der Waals surface area contributed by atoms with E-state index < -0.39 is 0 Å². The molecule has 186 valence electrons. The number of amides is 2. The molecule has 4 aromatic rings. The van der Waals surface area contributed by atoms with E-state index in [-0.39, 0.29) is 34.3 Å². The summed E-state index contributed by atoms with van der Waals surface area (Å²) in [6.45, 7) is 0.374. The van der Waals surface area contributed by atoms with Crippen molar-refractivity contribution < 1.29 is 14.3 Å². The van der Waals surface area contributed by atoms with Gasteiger partial charge in [-0.1, -0.05) is 88.9 Å². The monoisotopic (exact) mass is 587 g/mol. The normalized spacial score (nSPS) is 14.7. The number of hydrogen-bond acceptors (Lipinski definition) is 4. The van der Waals surface area contributed by atoms with Gasteiger partial charge >= 0.3 is 0 Å². The van der Waals surface area contributed by atoms with Crippen molar-refractivity contribution >= 4 is 86.2 Å². The molecule has 4 nitrogen and oxygen atoms in total. The van der Waals surface area contributed by atoms with Crippen molar-refractivity contribution in [3.63, 3.8) is 0 Å². The molecule has 37 heavy (non-hydrogen) atoms. The molecule has 0 radical (unpaired) electrons. The van der Waals surface area contributed by atoms with Crippen LogP contribution in [0.3, 0.4) is 0 Å². The van der Waals surface area contributed by atoms with Crippen molar-refractivity contribution in [2.75, 3.05) is 0 Å². The van der Waals surface area contributed by atoms with Crippen LogP contribution in [0.2, 0.25) is 20.1 Å². The standard InChI is InChI=1S/C28H17Cl4NO3S/c29-21-8-6-17(10-22(21)30)15-36-26-23(31)11-18(12-24(26)32)13-25-27(34)33(28(35)37-25)14-16-5-7-19-3-1-2-4-20(19)9-16/h1-13H,14-15H2/b25-13-. The third-order valence-electron chi connectivity index (χ3n) is 5.71. The number of hydrogen-bond donors (Lipinski definition) is 0. The van der Waals surface area contributed by atoms with E-state index in [1.807, 2.05) is 42.5 Å². The van der Waals surface area contributed by atoms with Gasteiger partial charge < -0.3 is 4.74 Å². The molecular weight excluding hydrogens is 572 g/mol. The lowest BCUT2D eigenvalue weighted by Crippen LogP contribution is -2.27. The number of rotatable bonds is 6. The second kappa shape index (κ2) is 11.0. The highest BCUT2D eigenvalue weighted by atomic mass is 35.5. The van der Waals surface area contributed by atoms with E-state index in [2.05, 4.69) is 0 Å². The van der Waals surface area contributed by atoms with Crippen LogP contribution in [-0.4, -0.2) is 16.0 Å². The molecule has 0 bridgehead atoms. The zero-order chi connectivity index (χ0) is 26.1. The van der Waals surface area contributed by atoms with Crippen LogP contribution < -0.4 is 4.74 Å². The zero-order valence-corrected chi connectivity index (χ0v) is 22.9. The van der Waals surface area contributed by atoms with E-state index in [4.69, 9.17) is 51.1 Å². The largest absolute Gasteiger partial charge is 0.486 e. The summed E-state index contributed by atoms with van der Waals surface area (Å²) in [6, 6.07) is 22.3. The van der Waals surface area contributed by atoms with Crippen LogP contribution in [0, 0.1) is 0 Å². The Bertz CT molecular complexity index is 1560. The Hall–Kier alpha value is -2.67. The van der Waals surface area contributed by atoms with Crippen molar-refractivity contribution in [1.29, 1.82) is 0 Å². The molecular formula is C28H17Cl4NO3S. The highest BCUT2D eigenvalue weighted by molar-refractivity contribution is 8.18. The molecule has 1 aliphatic heterocycles. The van der Waals surface area contributed by atoms with Crippen LogP contribution in [0.25, 0.3) is 16.8 Å². The third kappa shape index (κ3) is 5.77. The molecule has 1 saturated heterocycles. The van der Waals surface area contributed by atoms with E-state index in [1.165, 1.54) is 4.90 Å². The minimum absolute atomic E-state index is 0.184. The highest BCUT2D eigenvalue weighted by Gasteiger charge is 2.35. The van der Waals surface area contributed by atoms with E-state index in [1.54, 1.807) is 36.4 Å². The first-order valence-electron chi connectivity index (χ1n) is 11.1. The molecule has 0 saturated carbocycles. The molecule has 1 heterocycles. The Morgan fingerprint density at radius 3 is 2.19 bits per heavy atom. The Kier molecular flexibility index (Phi) is 7.70. The second-order valence-corrected chi connectivity index (χ2v) is 10.9. The SMILES string of the molecule is O=C1S/C(=C\c2cc(Cl)c(OCc3ccc(Cl)c(Cl)c3)c(Cl)c2)C(=O)N1Cc1ccc2ccccc2c1. The lowest BCUT2D eigenvalue weighted by molar-refractivity contribution is -0.123. The summed E-state index contributed by atoms with van der Waals surface area (Å²) in [5.41, 5.74) is 2.25. The number of nitrogens with zero attached hydrogens (tertiary/aromatic N) is 1. The van der Waals surface area contributed by atoms with E-state index in [0.29, 0.717) is 26.3 Å². The van der Waals surface area contributed by atoms with E-state index in [0.717, 1.165) is 33.7 Å². The number of imide groups is 1. The molecule has 0 atom stereocenters. The van der Waals surface area contributed by atoms with Gasteiger partial charge in [0, 0.05) is 0 Å². The summed E-state index contributed by atoms with van der Waals surface area (Å²) in [5.74, 6) is -0.0636. The average Bonchev–Trinajstić information content (AvgIpc) is 3.12. The van der Waals surface area contributed by atoms with Crippen molar-refractivity contribution in [2.45, 2.75) is 13.2 Å². The maximum absolute atomic E-state index is 13.0. The first kappa shape index (κ1) is 26.0. The van der Waals surface area contributed by atoms with Gasteiger partial charge in [0.05, 0.1) is 31.5 Å². The smallest absolute Gasteiger partial charge is 0.293 e. The molecule has 9 heteroatoms. The summed E-state index contributed by atoms with van der Waals surface area (Å²) < 4.78 is 5.80. The van der Waals surface area contributed by atoms with Gasteiger partial charge in [-0.15, -0.1) is 0 Å². The highest BCUT2D eigenvalue weighted by Crippen LogP contribution is 2.38. The Labute approximate surface area is 237 Å². The molecule has 4 aromatic carbocycles. The van der Waals surface area contributed by atoms with Crippen molar-refractivity contribution in [2.24, 2.45) is 0 Å². The summed E-state index contributed by atoms with van der Waals surface area (Å²) in [6.07, 6.45) is 1.60. The van der Waals surface area contributed by atoms with Crippen molar-refractivity contribution in [3.8, 4) is 5.75 Å². The van der Waals surface area contributed by atoms with Crippen molar-refractivity contribution in [3.05, 3.63) is 114 Å². The number of carbonyl (C=O) groups is 2. The third-order valence-corrected chi connectivity index (χ3v) is 7.92. The second-order valence-electron chi connectivity index (χ2n) is 8.30. The summed E-state index contributed by atoms with van der Waals surface area (Å²) >= 11 is 25.8. The van der Waals surface area contributed by atoms with Gasteiger partial charge in [0.15, 0.2) is 5.75 Å². The molecule has 2 amide bonds. The number of halogens is 4.